The molecule has 1 fully saturated rings. The van der Waals surface area contributed by atoms with Crippen LogP contribution in [0.15, 0.2) is 18.2 Å². The molecule has 1 aliphatic carbocycles. The molecule has 7 heteroatoms. The molecule has 29 heavy (non-hydrogen) atoms. The standard InChI is InChI=1S/C22H29FN2O3S/c1-3-4-13-24-21(27)22(11-6-5-7-12-22)25-20(26)19-15(14-28-2)18-16(23)9-8-10-17(18)29-19/h8-10H,3-7,11-14H2,1-2H3,(H,24,27)(H,25,26). The molecule has 1 aromatic heterocycles. The van der Waals surface area contributed by atoms with Crippen molar-refractivity contribution in [3.05, 3.63) is 34.5 Å². The lowest BCUT2D eigenvalue weighted by Crippen LogP contribution is -2.59. The second kappa shape index (κ2) is 9.67. The lowest BCUT2D eigenvalue weighted by molar-refractivity contribution is -0.128. The molecule has 1 aromatic carbocycles. The van der Waals surface area contributed by atoms with Crippen LogP contribution in [-0.2, 0) is 16.1 Å². The minimum absolute atomic E-state index is 0.111. The van der Waals surface area contributed by atoms with E-state index in [0.29, 0.717) is 39.9 Å². The first-order valence-corrected chi connectivity index (χ1v) is 11.1. The number of hydrogen-bond acceptors (Lipinski definition) is 4. The number of thiophene rings is 1. The number of carbonyl (C=O) groups is 2. The van der Waals surface area contributed by atoms with Gasteiger partial charge < -0.3 is 15.4 Å². The number of rotatable bonds is 8. The lowest BCUT2D eigenvalue weighted by Gasteiger charge is -2.36. The molecule has 0 bridgehead atoms. The van der Waals surface area contributed by atoms with E-state index >= 15 is 0 Å². The average Bonchev–Trinajstić information content (AvgIpc) is 3.09. The van der Waals surface area contributed by atoms with Gasteiger partial charge in [-0.25, -0.2) is 4.39 Å². The van der Waals surface area contributed by atoms with Gasteiger partial charge in [-0.15, -0.1) is 11.3 Å². The first-order valence-electron chi connectivity index (χ1n) is 10.3. The van der Waals surface area contributed by atoms with E-state index in [0.717, 1.165) is 32.1 Å². The molecule has 5 nitrogen and oxygen atoms in total. The summed E-state index contributed by atoms with van der Waals surface area (Å²) in [6.45, 7) is 2.82. The topological polar surface area (TPSA) is 67.4 Å². The van der Waals surface area contributed by atoms with Gasteiger partial charge in [-0.05, 0) is 31.4 Å². The third-order valence-corrected chi connectivity index (χ3v) is 6.76. The van der Waals surface area contributed by atoms with Gasteiger partial charge in [0.1, 0.15) is 11.4 Å². The molecule has 2 aromatic rings. The number of methoxy groups -OCH3 is 1. The Bertz CT molecular complexity index is 874. The summed E-state index contributed by atoms with van der Waals surface area (Å²) in [5.41, 5.74) is -0.359. The van der Waals surface area contributed by atoms with Gasteiger partial charge in [0, 0.05) is 29.3 Å². The molecule has 0 unspecified atom stereocenters. The van der Waals surface area contributed by atoms with Gasteiger partial charge in [0.2, 0.25) is 5.91 Å². The van der Waals surface area contributed by atoms with Gasteiger partial charge in [0.15, 0.2) is 0 Å². The van der Waals surface area contributed by atoms with Crippen molar-refractivity contribution in [3.8, 4) is 0 Å². The maximum absolute atomic E-state index is 14.4. The Balaban J connectivity index is 1.91. The minimum Gasteiger partial charge on any atom is -0.380 e. The van der Waals surface area contributed by atoms with Crippen LogP contribution < -0.4 is 10.6 Å². The molecule has 0 radical (unpaired) electrons. The lowest BCUT2D eigenvalue weighted by atomic mass is 9.80. The highest BCUT2D eigenvalue weighted by atomic mass is 32.1. The molecule has 0 aliphatic heterocycles. The first-order chi connectivity index (χ1) is 14.0. The van der Waals surface area contributed by atoms with Crippen molar-refractivity contribution >= 4 is 33.2 Å². The third-order valence-electron chi connectivity index (χ3n) is 5.57. The van der Waals surface area contributed by atoms with Crippen molar-refractivity contribution in [2.45, 2.75) is 64.0 Å². The SMILES string of the molecule is CCCCNC(=O)C1(NC(=O)c2sc3cccc(F)c3c2COC)CCCCC1. The zero-order valence-electron chi connectivity index (χ0n) is 17.1. The minimum atomic E-state index is -0.901. The quantitative estimate of drug-likeness (QED) is 0.617. The van der Waals surface area contributed by atoms with Crippen molar-refractivity contribution < 1.29 is 18.7 Å². The highest BCUT2D eigenvalue weighted by molar-refractivity contribution is 7.21. The van der Waals surface area contributed by atoms with E-state index in [4.69, 9.17) is 4.74 Å². The summed E-state index contributed by atoms with van der Waals surface area (Å²) in [6, 6.07) is 4.82. The predicted octanol–water partition coefficient (Wildman–Crippen LogP) is 4.54. The summed E-state index contributed by atoms with van der Waals surface area (Å²) in [5, 5.41) is 6.45. The molecular weight excluding hydrogens is 391 g/mol. The van der Waals surface area contributed by atoms with E-state index in [-0.39, 0.29) is 24.2 Å². The number of nitrogens with one attached hydrogen (secondary N) is 2. The number of carbonyl (C=O) groups excluding carboxylic acids is 2. The van der Waals surface area contributed by atoms with Crippen LogP contribution in [0.5, 0.6) is 0 Å². The fraction of sp³-hybridized carbons (Fsp3) is 0.545. The fourth-order valence-electron chi connectivity index (χ4n) is 4.02. The molecule has 2 amide bonds. The molecule has 0 saturated heterocycles. The maximum atomic E-state index is 14.4. The van der Waals surface area contributed by atoms with Crippen LogP contribution in [0.2, 0.25) is 0 Å². The summed E-state index contributed by atoms with van der Waals surface area (Å²) < 4.78 is 20.4. The van der Waals surface area contributed by atoms with Crippen molar-refractivity contribution in [2.24, 2.45) is 0 Å². The average molecular weight is 421 g/mol. The number of halogens is 1. The largest absolute Gasteiger partial charge is 0.380 e. The van der Waals surface area contributed by atoms with Gasteiger partial charge in [-0.3, -0.25) is 9.59 Å². The van der Waals surface area contributed by atoms with E-state index in [1.54, 1.807) is 12.1 Å². The summed E-state index contributed by atoms with van der Waals surface area (Å²) >= 11 is 1.24. The second-order valence-electron chi connectivity index (χ2n) is 7.66. The Morgan fingerprint density at radius 3 is 2.69 bits per heavy atom. The fourth-order valence-corrected chi connectivity index (χ4v) is 5.14. The molecule has 3 rings (SSSR count). The van der Waals surface area contributed by atoms with E-state index < -0.39 is 5.54 Å². The molecular formula is C22H29FN2O3S. The van der Waals surface area contributed by atoms with Gasteiger partial charge in [-0.2, -0.15) is 0 Å². The Labute approximate surface area is 175 Å². The van der Waals surface area contributed by atoms with E-state index in [1.165, 1.54) is 24.5 Å². The van der Waals surface area contributed by atoms with E-state index in [1.807, 2.05) is 0 Å². The summed E-state index contributed by atoms with van der Waals surface area (Å²) in [5.74, 6) is -0.806. The van der Waals surface area contributed by atoms with Crippen LogP contribution in [-0.4, -0.2) is 31.0 Å². The molecule has 0 spiro atoms. The predicted molar refractivity (Wildman–Crippen MR) is 114 cm³/mol. The normalized spacial score (nSPS) is 16.0. The number of fused-ring (bicyclic) bond motifs is 1. The van der Waals surface area contributed by atoms with Crippen molar-refractivity contribution in [2.75, 3.05) is 13.7 Å². The summed E-state index contributed by atoms with van der Waals surface area (Å²) in [7, 11) is 1.52. The molecule has 1 aliphatic rings. The van der Waals surface area contributed by atoms with Crippen LogP contribution in [0.3, 0.4) is 0 Å². The first kappa shape index (κ1) is 21.7. The smallest absolute Gasteiger partial charge is 0.262 e. The van der Waals surface area contributed by atoms with E-state index in [9.17, 15) is 14.0 Å². The summed E-state index contributed by atoms with van der Waals surface area (Å²) in [6.07, 6.45) is 5.99. The maximum Gasteiger partial charge on any atom is 0.262 e. The zero-order chi connectivity index (χ0) is 20.9. The van der Waals surface area contributed by atoms with Crippen LogP contribution in [0.4, 0.5) is 4.39 Å². The van der Waals surface area contributed by atoms with Gasteiger partial charge in [0.25, 0.3) is 5.91 Å². The number of benzene rings is 1. The molecule has 0 atom stereocenters. The molecule has 2 N–H and O–H groups in total. The van der Waals surface area contributed by atoms with Crippen LogP contribution in [0.25, 0.3) is 10.1 Å². The Morgan fingerprint density at radius 1 is 1.24 bits per heavy atom. The molecule has 1 heterocycles. The van der Waals surface area contributed by atoms with Crippen molar-refractivity contribution in [1.29, 1.82) is 0 Å². The van der Waals surface area contributed by atoms with Crippen LogP contribution >= 0.6 is 11.3 Å². The highest BCUT2D eigenvalue weighted by Crippen LogP contribution is 2.35. The van der Waals surface area contributed by atoms with Crippen molar-refractivity contribution in [1.82, 2.24) is 10.6 Å². The third kappa shape index (κ3) is 4.61. The Kier molecular flexibility index (Phi) is 7.24. The highest BCUT2D eigenvalue weighted by Gasteiger charge is 2.41. The monoisotopic (exact) mass is 420 g/mol. The van der Waals surface area contributed by atoms with Crippen molar-refractivity contribution in [3.63, 3.8) is 0 Å². The Morgan fingerprint density at radius 2 is 2.00 bits per heavy atom. The number of amides is 2. The van der Waals surface area contributed by atoms with Crippen LogP contribution in [0.1, 0.15) is 67.1 Å². The number of hydrogen-bond donors (Lipinski definition) is 2. The van der Waals surface area contributed by atoms with Gasteiger partial charge in [0.05, 0.1) is 11.5 Å². The molecule has 158 valence electrons. The van der Waals surface area contributed by atoms with Crippen LogP contribution in [0, 0.1) is 5.82 Å². The number of ether oxygens (including phenoxy) is 1. The van der Waals surface area contributed by atoms with Gasteiger partial charge in [-0.1, -0.05) is 38.7 Å². The van der Waals surface area contributed by atoms with Gasteiger partial charge >= 0.3 is 0 Å². The van der Waals surface area contributed by atoms with E-state index in [2.05, 4.69) is 17.6 Å². The number of unbranched alkanes of at least 4 members (excludes halogenated alkanes) is 1. The molecule has 1 saturated carbocycles. The summed E-state index contributed by atoms with van der Waals surface area (Å²) in [4.78, 5) is 26.7. The zero-order valence-corrected chi connectivity index (χ0v) is 17.9. The second-order valence-corrected chi connectivity index (χ2v) is 8.71. The Hall–Kier alpha value is -1.99.